The Bertz CT molecular complexity index is 1730. The number of benzene rings is 2. The average Bonchev–Trinajstić information content (AvgIpc) is 3.64. The van der Waals surface area contributed by atoms with Gasteiger partial charge in [-0.1, -0.05) is 47.6 Å². The van der Waals surface area contributed by atoms with Crippen LogP contribution in [-0.2, 0) is 10.0 Å². The number of piperazine rings is 1. The van der Waals surface area contributed by atoms with Gasteiger partial charge in [0.25, 0.3) is 10.0 Å². The summed E-state index contributed by atoms with van der Waals surface area (Å²) in [6, 6.07) is 21.7. The van der Waals surface area contributed by atoms with Gasteiger partial charge in [0, 0.05) is 55.8 Å². The minimum Gasteiger partial charge on any atom is -0.366 e. The highest BCUT2D eigenvalue weighted by molar-refractivity contribution is 7.91. The zero-order valence-electron chi connectivity index (χ0n) is 22.3. The minimum absolute atomic E-state index is 0.104. The Hall–Kier alpha value is -3.64. The summed E-state index contributed by atoms with van der Waals surface area (Å²) in [6.45, 7) is 6.94. The van der Waals surface area contributed by atoms with Gasteiger partial charge in [0.05, 0.1) is 16.1 Å². The van der Waals surface area contributed by atoms with Gasteiger partial charge in [-0.15, -0.1) is 11.3 Å². The molecule has 0 amide bonds. The number of nitrogens with one attached hydrogen (secondary N) is 1. The number of nitrogens with zero attached hydrogens (tertiary/aromatic N) is 5. The van der Waals surface area contributed by atoms with E-state index in [4.69, 9.17) is 4.52 Å². The number of rotatable bonds is 8. The number of aromatic nitrogens is 3. The number of anilines is 1. The first kappa shape index (κ1) is 26.6. The van der Waals surface area contributed by atoms with E-state index in [0.29, 0.717) is 36.1 Å². The molecule has 0 aliphatic carbocycles. The molecule has 4 heterocycles. The van der Waals surface area contributed by atoms with E-state index in [-0.39, 0.29) is 6.04 Å². The van der Waals surface area contributed by atoms with Crippen LogP contribution in [0.2, 0.25) is 0 Å². The van der Waals surface area contributed by atoms with Crippen molar-refractivity contribution in [2.45, 2.75) is 24.1 Å². The topological polar surface area (TPSA) is 104 Å². The molecule has 9 nitrogen and oxygen atoms in total. The Morgan fingerprint density at radius 3 is 2.55 bits per heavy atom. The lowest BCUT2D eigenvalue weighted by molar-refractivity contribution is 0.184. The van der Waals surface area contributed by atoms with Gasteiger partial charge in [-0.05, 0) is 37.6 Å². The molecule has 0 saturated carbocycles. The van der Waals surface area contributed by atoms with Crippen LogP contribution in [0.4, 0.5) is 5.82 Å². The van der Waals surface area contributed by atoms with Crippen LogP contribution in [0.3, 0.4) is 0 Å². The number of sulfonamides is 1. The number of thiophene rings is 1. The molecular weight excluding hydrogens is 544 g/mol. The first-order valence-electron chi connectivity index (χ1n) is 13.2. The molecule has 1 saturated heterocycles. The molecule has 40 heavy (non-hydrogen) atoms. The Morgan fingerprint density at radius 1 is 1.00 bits per heavy atom. The van der Waals surface area contributed by atoms with Crippen LogP contribution >= 0.6 is 11.3 Å². The molecule has 1 atom stereocenters. The van der Waals surface area contributed by atoms with Crippen molar-refractivity contribution in [1.82, 2.24) is 24.3 Å². The lowest BCUT2D eigenvalue weighted by Crippen LogP contribution is -2.50. The van der Waals surface area contributed by atoms with E-state index in [1.165, 1.54) is 11.3 Å². The van der Waals surface area contributed by atoms with Gasteiger partial charge in [0.15, 0.2) is 5.76 Å². The highest BCUT2D eigenvalue weighted by Crippen LogP contribution is 2.33. The lowest BCUT2D eigenvalue weighted by Gasteiger charge is -2.35. The number of fused-ring (bicyclic) bond motifs is 1. The Morgan fingerprint density at radius 2 is 1.80 bits per heavy atom. The van der Waals surface area contributed by atoms with Crippen LogP contribution in [0.15, 0.2) is 81.8 Å². The van der Waals surface area contributed by atoms with E-state index in [1.54, 1.807) is 22.8 Å². The van der Waals surface area contributed by atoms with Gasteiger partial charge in [-0.2, -0.15) is 4.31 Å². The molecule has 2 aromatic carbocycles. The van der Waals surface area contributed by atoms with Gasteiger partial charge in [-0.3, -0.25) is 4.90 Å². The fourth-order valence-corrected chi connectivity index (χ4v) is 7.90. The van der Waals surface area contributed by atoms with Crippen LogP contribution in [0.1, 0.15) is 12.6 Å². The summed E-state index contributed by atoms with van der Waals surface area (Å²) >= 11 is 1.21. The molecule has 0 radical (unpaired) electrons. The van der Waals surface area contributed by atoms with E-state index in [9.17, 15) is 8.42 Å². The molecule has 3 aromatic heterocycles. The molecule has 11 heteroatoms. The van der Waals surface area contributed by atoms with Gasteiger partial charge < -0.3 is 9.84 Å². The zero-order valence-corrected chi connectivity index (χ0v) is 24.0. The quantitative estimate of drug-likeness (QED) is 0.272. The highest BCUT2D eigenvalue weighted by Gasteiger charge is 2.30. The van der Waals surface area contributed by atoms with E-state index in [1.807, 2.05) is 43.3 Å². The summed E-state index contributed by atoms with van der Waals surface area (Å²) in [4.78, 5) is 12.2. The summed E-state index contributed by atoms with van der Waals surface area (Å²) < 4.78 is 33.8. The molecule has 1 aliphatic rings. The standard InChI is InChI=1S/C29H30N6O3S2/c1-20-17-25(38-33-20)26-11-12-27(39-26)40(36,37)35-15-13-34(14-16-35)18-21(2)32-29-24-10-6-9-23(28(24)30-19-31-29)22-7-4-3-5-8-22/h3-12,17,19,21H,13-16,18H2,1-2H3,(H,30,31,32). The minimum atomic E-state index is -3.56. The number of para-hydroxylation sites is 1. The maximum atomic E-state index is 13.3. The predicted molar refractivity (Wildman–Crippen MR) is 158 cm³/mol. The second kappa shape index (κ2) is 11.1. The normalized spacial score (nSPS) is 15.8. The summed E-state index contributed by atoms with van der Waals surface area (Å²) in [5, 5.41) is 8.43. The van der Waals surface area contributed by atoms with Gasteiger partial charge in [0.2, 0.25) is 0 Å². The van der Waals surface area contributed by atoms with Crippen molar-refractivity contribution in [3.05, 3.63) is 78.8 Å². The van der Waals surface area contributed by atoms with E-state index >= 15 is 0 Å². The van der Waals surface area contributed by atoms with Crippen molar-refractivity contribution in [3.8, 4) is 21.8 Å². The summed E-state index contributed by atoms with van der Waals surface area (Å²) in [5.74, 6) is 1.38. The molecule has 1 N–H and O–H groups in total. The maximum Gasteiger partial charge on any atom is 0.252 e. The molecule has 1 aliphatic heterocycles. The third-order valence-electron chi connectivity index (χ3n) is 7.04. The molecule has 0 spiro atoms. The molecular formula is C29H30N6O3S2. The lowest BCUT2D eigenvalue weighted by atomic mass is 10.0. The third-order valence-corrected chi connectivity index (χ3v) is 10.5. The van der Waals surface area contributed by atoms with Crippen LogP contribution in [0.5, 0.6) is 0 Å². The zero-order chi connectivity index (χ0) is 27.7. The highest BCUT2D eigenvalue weighted by atomic mass is 32.2. The van der Waals surface area contributed by atoms with Crippen LogP contribution in [-0.4, -0.2) is 71.5 Å². The third kappa shape index (κ3) is 5.37. The summed E-state index contributed by atoms with van der Waals surface area (Å²) in [7, 11) is -3.56. The first-order valence-corrected chi connectivity index (χ1v) is 15.5. The van der Waals surface area contributed by atoms with Crippen molar-refractivity contribution < 1.29 is 12.9 Å². The molecule has 0 bridgehead atoms. The Balaban J connectivity index is 1.09. The molecule has 206 valence electrons. The second-order valence-electron chi connectivity index (χ2n) is 9.99. The fourth-order valence-electron chi connectivity index (χ4n) is 5.07. The maximum absolute atomic E-state index is 13.3. The number of hydrogen-bond donors (Lipinski definition) is 1. The van der Waals surface area contributed by atoms with Gasteiger partial charge in [-0.25, -0.2) is 18.4 Å². The largest absolute Gasteiger partial charge is 0.366 e. The van der Waals surface area contributed by atoms with E-state index < -0.39 is 10.0 Å². The van der Waals surface area contributed by atoms with Crippen LogP contribution in [0, 0.1) is 6.92 Å². The monoisotopic (exact) mass is 574 g/mol. The van der Waals surface area contributed by atoms with Gasteiger partial charge in [0.1, 0.15) is 16.4 Å². The SMILES string of the molecule is Cc1cc(-c2ccc(S(=O)(=O)N3CCN(CC(C)Nc4ncnc5c(-c6ccccc6)cccc45)CC3)s2)on1. The van der Waals surface area contributed by atoms with Crippen LogP contribution < -0.4 is 5.32 Å². The van der Waals surface area contributed by atoms with Gasteiger partial charge >= 0.3 is 0 Å². The molecule has 5 aromatic rings. The fraction of sp³-hybridized carbons (Fsp3) is 0.276. The molecule has 1 unspecified atom stereocenters. The van der Waals surface area contributed by atoms with Crippen molar-refractivity contribution in [1.29, 1.82) is 0 Å². The first-order chi connectivity index (χ1) is 19.4. The van der Waals surface area contributed by atoms with Crippen LogP contribution in [0.25, 0.3) is 32.7 Å². The Labute approximate surface area is 237 Å². The van der Waals surface area contributed by atoms with Crippen molar-refractivity contribution >= 4 is 38.1 Å². The summed E-state index contributed by atoms with van der Waals surface area (Å²) in [5.41, 5.74) is 3.86. The molecule has 1 fully saturated rings. The van der Waals surface area contributed by atoms with E-state index in [2.05, 4.69) is 50.5 Å². The number of hydrogen-bond acceptors (Lipinski definition) is 9. The van der Waals surface area contributed by atoms with Crippen molar-refractivity contribution in [3.63, 3.8) is 0 Å². The number of aryl methyl sites for hydroxylation is 1. The predicted octanol–water partition coefficient (Wildman–Crippen LogP) is 5.13. The average molecular weight is 575 g/mol. The van der Waals surface area contributed by atoms with E-state index in [0.717, 1.165) is 45.0 Å². The molecule has 6 rings (SSSR count). The Kier molecular flexibility index (Phi) is 7.37. The second-order valence-corrected chi connectivity index (χ2v) is 13.2. The van der Waals surface area contributed by atoms with Crippen molar-refractivity contribution in [2.75, 3.05) is 38.0 Å². The smallest absolute Gasteiger partial charge is 0.252 e. The van der Waals surface area contributed by atoms with Crippen molar-refractivity contribution in [2.24, 2.45) is 0 Å². The summed E-state index contributed by atoms with van der Waals surface area (Å²) in [6.07, 6.45) is 1.60.